The highest BCUT2D eigenvalue weighted by atomic mass is 16.2. The summed E-state index contributed by atoms with van der Waals surface area (Å²) in [5.74, 6) is -0.897. The molecule has 0 fully saturated rings. The zero-order valence-electron chi connectivity index (χ0n) is 11.1. The number of ketones is 1. The van der Waals surface area contributed by atoms with Gasteiger partial charge in [-0.2, -0.15) is 0 Å². The van der Waals surface area contributed by atoms with Crippen LogP contribution in [0.25, 0.3) is 0 Å². The third-order valence-electron chi connectivity index (χ3n) is 3.43. The number of hydrogen-bond acceptors (Lipinski definition) is 4. The molecule has 2 aromatic carbocycles. The van der Waals surface area contributed by atoms with Crippen LogP contribution < -0.4 is 10.6 Å². The maximum absolute atomic E-state index is 12.3. The van der Waals surface area contributed by atoms with E-state index < -0.39 is 0 Å². The van der Waals surface area contributed by atoms with Gasteiger partial charge in [0.05, 0.1) is 23.4 Å². The van der Waals surface area contributed by atoms with Crippen molar-refractivity contribution in [3.05, 3.63) is 65.2 Å². The summed E-state index contributed by atoms with van der Waals surface area (Å²) in [6, 6.07) is 13.0. The lowest BCUT2D eigenvalue weighted by atomic mass is 10.1. The minimum atomic E-state index is -0.353. The number of fused-ring (bicyclic) bond motifs is 1. The first-order valence-corrected chi connectivity index (χ1v) is 6.44. The number of nitrogens with two attached hydrogens (primary N) is 1. The Balaban J connectivity index is 1.97. The van der Waals surface area contributed by atoms with Crippen LogP contribution in [0.1, 0.15) is 31.1 Å². The standard InChI is InChI=1S/C16H12N2O3/c17-9-14(19)10-5-7-11(8-6-10)18-15(20)12-3-1-2-4-13(12)16(18)21/h1-8H,9,17H2. The average Bonchev–Trinajstić information content (AvgIpc) is 2.79. The van der Waals surface area contributed by atoms with E-state index in [9.17, 15) is 14.4 Å². The molecule has 2 aromatic rings. The number of benzene rings is 2. The van der Waals surface area contributed by atoms with E-state index >= 15 is 0 Å². The summed E-state index contributed by atoms with van der Waals surface area (Å²) in [5.41, 5.74) is 6.98. The predicted octanol–water partition coefficient (Wildman–Crippen LogP) is 1.63. The van der Waals surface area contributed by atoms with Gasteiger partial charge in [-0.1, -0.05) is 12.1 Å². The highest BCUT2D eigenvalue weighted by molar-refractivity contribution is 6.34. The topological polar surface area (TPSA) is 80.5 Å². The Hall–Kier alpha value is -2.79. The van der Waals surface area contributed by atoms with Crippen molar-refractivity contribution in [2.45, 2.75) is 0 Å². The van der Waals surface area contributed by atoms with Crippen molar-refractivity contribution in [2.75, 3.05) is 11.4 Å². The van der Waals surface area contributed by atoms with Gasteiger partial charge in [0.25, 0.3) is 11.8 Å². The number of amides is 2. The molecular weight excluding hydrogens is 268 g/mol. The molecule has 5 nitrogen and oxygen atoms in total. The second-order valence-corrected chi connectivity index (χ2v) is 4.67. The van der Waals surface area contributed by atoms with E-state index in [-0.39, 0.29) is 24.1 Å². The molecule has 0 unspecified atom stereocenters. The van der Waals surface area contributed by atoms with Crippen molar-refractivity contribution in [3.63, 3.8) is 0 Å². The number of carbonyl (C=O) groups is 3. The van der Waals surface area contributed by atoms with Crippen LogP contribution >= 0.6 is 0 Å². The van der Waals surface area contributed by atoms with Crippen molar-refractivity contribution in [2.24, 2.45) is 5.73 Å². The fourth-order valence-electron chi connectivity index (χ4n) is 2.34. The Morgan fingerprint density at radius 3 is 1.90 bits per heavy atom. The van der Waals surface area contributed by atoms with Crippen molar-refractivity contribution in [1.82, 2.24) is 0 Å². The number of anilines is 1. The second-order valence-electron chi connectivity index (χ2n) is 4.67. The molecule has 1 aliphatic heterocycles. The van der Waals surface area contributed by atoms with Crippen LogP contribution in [-0.4, -0.2) is 24.1 Å². The number of carbonyl (C=O) groups excluding carboxylic acids is 3. The summed E-state index contributed by atoms with van der Waals surface area (Å²) in [6.07, 6.45) is 0. The maximum atomic E-state index is 12.3. The quantitative estimate of drug-likeness (QED) is 0.684. The molecule has 3 rings (SSSR count). The first kappa shape index (κ1) is 13.2. The maximum Gasteiger partial charge on any atom is 0.266 e. The highest BCUT2D eigenvalue weighted by Crippen LogP contribution is 2.28. The number of Topliss-reactive ketones (excluding diaryl/α,β-unsaturated/α-hetero) is 1. The number of hydrogen-bond donors (Lipinski definition) is 1. The van der Waals surface area contributed by atoms with Gasteiger partial charge in [-0.3, -0.25) is 14.4 Å². The van der Waals surface area contributed by atoms with Gasteiger partial charge in [0.1, 0.15) is 0 Å². The summed E-state index contributed by atoms with van der Waals surface area (Å²) in [4.78, 5) is 37.2. The summed E-state index contributed by atoms with van der Waals surface area (Å²) in [7, 11) is 0. The molecule has 21 heavy (non-hydrogen) atoms. The van der Waals surface area contributed by atoms with Crippen molar-refractivity contribution in [3.8, 4) is 0 Å². The molecular formula is C16H12N2O3. The van der Waals surface area contributed by atoms with Gasteiger partial charge >= 0.3 is 0 Å². The van der Waals surface area contributed by atoms with Crippen molar-refractivity contribution in [1.29, 1.82) is 0 Å². The van der Waals surface area contributed by atoms with Gasteiger partial charge in [-0.15, -0.1) is 0 Å². The Labute approximate surface area is 121 Å². The summed E-state index contributed by atoms with van der Waals surface area (Å²) in [5, 5.41) is 0. The molecule has 1 aliphatic rings. The SMILES string of the molecule is NCC(=O)c1ccc(N2C(=O)c3ccccc3C2=O)cc1. The fourth-order valence-corrected chi connectivity index (χ4v) is 2.34. The fraction of sp³-hybridized carbons (Fsp3) is 0.0625. The predicted molar refractivity (Wildman–Crippen MR) is 77.4 cm³/mol. The Kier molecular flexibility index (Phi) is 3.12. The normalized spacial score (nSPS) is 13.5. The van der Waals surface area contributed by atoms with Crippen molar-refractivity contribution >= 4 is 23.3 Å². The number of rotatable bonds is 3. The molecule has 0 atom stereocenters. The zero-order valence-corrected chi connectivity index (χ0v) is 11.1. The lowest BCUT2D eigenvalue weighted by molar-refractivity contribution is 0.0925. The molecule has 0 spiro atoms. The first-order valence-electron chi connectivity index (χ1n) is 6.44. The van der Waals surface area contributed by atoms with E-state index in [1.54, 1.807) is 48.5 Å². The third kappa shape index (κ3) is 2.04. The van der Waals surface area contributed by atoms with Gasteiger partial charge in [-0.05, 0) is 36.4 Å². The second kappa shape index (κ2) is 4.96. The van der Waals surface area contributed by atoms with Crippen LogP contribution in [-0.2, 0) is 0 Å². The smallest absolute Gasteiger partial charge is 0.266 e. The van der Waals surface area contributed by atoms with E-state index in [0.29, 0.717) is 22.4 Å². The van der Waals surface area contributed by atoms with Crippen molar-refractivity contribution < 1.29 is 14.4 Å². The summed E-state index contributed by atoms with van der Waals surface area (Å²) >= 11 is 0. The van der Waals surface area contributed by atoms with E-state index in [1.807, 2.05) is 0 Å². The molecule has 1 heterocycles. The van der Waals surface area contributed by atoms with Crippen LogP contribution in [0.2, 0.25) is 0 Å². The lowest BCUT2D eigenvalue weighted by Gasteiger charge is -2.14. The zero-order chi connectivity index (χ0) is 15.0. The largest absolute Gasteiger partial charge is 0.324 e. The molecule has 0 saturated carbocycles. The van der Waals surface area contributed by atoms with Crippen LogP contribution in [0.15, 0.2) is 48.5 Å². The monoisotopic (exact) mass is 280 g/mol. The molecule has 0 radical (unpaired) electrons. The van der Waals surface area contributed by atoms with Crippen LogP contribution in [0.4, 0.5) is 5.69 Å². The lowest BCUT2D eigenvalue weighted by Crippen LogP contribution is -2.29. The number of imide groups is 1. The van der Waals surface area contributed by atoms with E-state index in [4.69, 9.17) is 5.73 Å². The summed E-state index contributed by atoms with van der Waals surface area (Å²) in [6.45, 7) is -0.0770. The van der Waals surface area contributed by atoms with Gasteiger partial charge < -0.3 is 5.73 Å². The molecule has 0 saturated heterocycles. The first-order chi connectivity index (χ1) is 10.1. The molecule has 5 heteroatoms. The highest BCUT2D eigenvalue weighted by Gasteiger charge is 2.36. The van der Waals surface area contributed by atoms with Gasteiger partial charge in [0.2, 0.25) is 0 Å². The minimum Gasteiger partial charge on any atom is -0.324 e. The van der Waals surface area contributed by atoms with Crippen LogP contribution in [0.5, 0.6) is 0 Å². The molecule has 2 N–H and O–H groups in total. The van der Waals surface area contributed by atoms with Gasteiger partial charge in [0, 0.05) is 5.56 Å². The Morgan fingerprint density at radius 1 is 0.905 bits per heavy atom. The van der Waals surface area contributed by atoms with E-state index in [0.717, 1.165) is 4.90 Å². The molecule has 2 amide bonds. The molecule has 0 aliphatic carbocycles. The van der Waals surface area contributed by atoms with E-state index in [1.165, 1.54) is 0 Å². The molecule has 0 aromatic heterocycles. The molecule has 0 bridgehead atoms. The summed E-state index contributed by atoms with van der Waals surface area (Å²) < 4.78 is 0. The van der Waals surface area contributed by atoms with Crippen LogP contribution in [0.3, 0.4) is 0 Å². The van der Waals surface area contributed by atoms with Gasteiger partial charge in [-0.25, -0.2) is 4.90 Å². The Morgan fingerprint density at radius 2 is 1.43 bits per heavy atom. The van der Waals surface area contributed by atoms with E-state index in [2.05, 4.69) is 0 Å². The minimum absolute atomic E-state index is 0.0770. The molecule has 104 valence electrons. The third-order valence-corrected chi connectivity index (χ3v) is 3.43. The Bertz CT molecular complexity index is 715. The number of nitrogens with zero attached hydrogens (tertiary/aromatic N) is 1. The average molecular weight is 280 g/mol. The van der Waals surface area contributed by atoms with Gasteiger partial charge in [0.15, 0.2) is 5.78 Å². The van der Waals surface area contributed by atoms with Crippen LogP contribution in [0, 0.1) is 0 Å².